The monoisotopic (exact) mass is 309 g/mol. The van der Waals surface area contributed by atoms with E-state index in [4.69, 9.17) is 10.5 Å². The standard InChI is InChI=1S/C13H16BrN3O/c1-2-17-6-5-16-13(17)9-18-11-3-4-12(14)10(7-11)8-15/h3-7H,2,8-9,15H2,1H3. The molecule has 0 atom stereocenters. The summed E-state index contributed by atoms with van der Waals surface area (Å²) in [6, 6.07) is 5.82. The first-order valence-electron chi connectivity index (χ1n) is 5.86. The average Bonchev–Trinajstić information content (AvgIpc) is 2.85. The molecule has 2 aromatic rings. The van der Waals surface area contributed by atoms with E-state index in [1.807, 2.05) is 24.4 Å². The summed E-state index contributed by atoms with van der Waals surface area (Å²) in [5, 5.41) is 0. The first-order valence-corrected chi connectivity index (χ1v) is 6.65. The van der Waals surface area contributed by atoms with Crippen LogP contribution in [0.15, 0.2) is 35.1 Å². The number of nitrogens with two attached hydrogens (primary N) is 1. The highest BCUT2D eigenvalue weighted by Crippen LogP contribution is 2.22. The quantitative estimate of drug-likeness (QED) is 0.924. The predicted molar refractivity (Wildman–Crippen MR) is 74.3 cm³/mol. The number of benzene rings is 1. The second-order valence-electron chi connectivity index (χ2n) is 3.88. The maximum Gasteiger partial charge on any atom is 0.146 e. The molecule has 0 aliphatic carbocycles. The summed E-state index contributed by atoms with van der Waals surface area (Å²) in [6.07, 6.45) is 3.74. The van der Waals surface area contributed by atoms with Crippen molar-refractivity contribution in [1.82, 2.24) is 9.55 Å². The van der Waals surface area contributed by atoms with Gasteiger partial charge in [0.2, 0.25) is 0 Å². The van der Waals surface area contributed by atoms with Gasteiger partial charge in [-0.3, -0.25) is 0 Å². The van der Waals surface area contributed by atoms with Gasteiger partial charge in [-0.05, 0) is 30.7 Å². The minimum Gasteiger partial charge on any atom is -0.486 e. The number of imidazole rings is 1. The van der Waals surface area contributed by atoms with Crippen LogP contribution in [0.5, 0.6) is 5.75 Å². The number of rotatable bonds is 5. The van der Waals surface area contributed by atoms with Crippen LogP contribution in [-0.2, 0) is 19.7 Å². The van der Waals surface area contributed by atoms with Crippen molar-refractivity contribution in [2.45, 2.75) is 26.6 Å². The molecular weight excluding hydrogens is 294 g/mol. The molecule has 2 N–H and O–H groups in total. The Kier molecular flexibility index (Phi) is 4.38. The summed E-state index contributed by atoms with van der Waals surface area (Å²) in [7, 11) is 0. The normalized spacial score (nSPS) is 10.6. The Morgan fingerprint density at radius 3 is 3.00 bits per heavy atom. The minimum atomic E-state index is 0.465. The van der Waals surface area contributed by atoms with E-state index in [2.05, 4.69) is 32.4 Å². The van der Waals surface area contributed by atoms with Gasteiger partial charge in [-0.15, -0.1) is 0 Å². The minimum absolute atomic E-state index is 0.465. The van der Waals surface area contributed by atoms with Crippen molar-refractivity contribution in [2.24, 2.45) is 5.73 Å². The molecule has 0 aliphatic rings. The highest BCUT2D eigenvalue weighted by molar-refractivity contribution is 9.10. The van der Waals surface area contributed by atoms with Crippen molar-refractivity contribution in [3.63, 3.8) is 0 Å². The molecule has 0 bridgehead atoms. The first-order chi connectivity index (χ1) is 8.74. The molecule has 18 heavy (non-hydrogen) atoms. The smallest absolute Gasteiger partial charge is 0.146 e. The van der Waals surface area contributed by atoms with Crippen LogP contribution in [0.4, 0.5) is 0 Å². The van der Waals surface area contributed by atoms with Gasteiger partial charge in [-0.2, -0.15) is 0 Å². The van der Waals surface area contributed by atoms with Gasteiger partial charge in [-0.1, -0.05) is 15.9 Å². The zero-order chi connectivity index (χ0) is 13.0. The lowest BCUT2D eigenvalue weighted by molar-refractivity contribution is 0.289. The summed E-state index contributed by atoms with van der Waals surface area (Å²) >= 11 is 3.45. The van der Waals surface area contributed by atoms with Crippen molar-refractivity contribution >= 4 is 15.9 Å². The largest absolute Gasteiger partial charge is 0.486 e. The lowest BCUT2D eigenvalue weighted by atomic mass is 10.2. The molecule has 1 heterocycles. The summed E-state index contributed by atoms with van der Waals surface area (Å²) in [6.45, 7) is 3.93. The molecule has 0 spiro atoms. The average molecular weight is 310 g/mol. The third-order valence-corrected chi connectivity index (χ3v) is 3.52. The zero-order valence-electron chi connectivity index (χ0n) is 10.3. The van der Waals surface area contributed by atoms with E-state index < -0.39 is 0 Å². The van der Waals surface area contributed by atoms with Gasteiger partial charge in [0.05, 0.1) is 0 Å². The number of ether oxygens (including phenoxy) is 1. The number of hydrogen-bond donors (Lipinski definition) is 1. The van der Waals surface area contributed by atoms with Crippen molar-refractivity contribution in [2.75, 3.05) is 0 Å². The Labute approximate surface area is 115 Å². The summed E-state index contributed by atoms with van der Waals surface area (Å²) < 4.78 is 8.80. The highest BCUT2D eigenvalue weighted by atomic mass is 79.9. The highest BCUT2D eigenvalue weighted by Gasteiger charge is 2.04. The zero-order valence-corrected chi connectivity index (χ0v) is 11.9. The van der Waals surface area contributed by atoms with Crippen molar-refractivity contribution in [3.05, 3.63) is 46.5 Å². The van der Waals surface area contributed by atoms with E-state index >= 15 is 0 Å². The number of halogens is 1. The third kappa shape index (κ3) is 2.91. The molecule has 0 saturated heterocycles. The lowest BCUT2D eigenvalue weighted by Gasteiger charge is -2.09. The SMILES string of the molecule is CCn1ccnc1COc1ccc(Br)c(CN)c1. The van der Waals surface area contributed by atoms with Crippen molar-refractivity contribution in [1.29, 1.82) is 0 Å². The van der Waals surface area contributed by atoms with Gasteiger partial charge in [0.15, 0.2) is 0 Å². The van der Waals surface area contributed by atoms with Crippen molar-refractivity contribution in [3.8, 4) is 5.75 Å². The van der Waals surface area contributed by atoms with Gasteiger partial charge in [0.1, 0.15) is 18.2 Å². The topological polar surface area (TPSA) is 53.1 Å². The van der Waals surface area contributed by atoms with Crippen LogP contribution in [0, 0.1) is 0 Å². The maximum absolute atomic E-state index is 5.73. The Hall–Kier alpha value is -1.33. The van der Waals surface area contributed by atoms with Crippen LogP contribution in [-0.4, -0.2) is 9.55 Å². The van der Waals surface area contributed by atoms with Crippen LogP contribution in [0.25, 0.3) is 0 Å². The first kappa shape index (κ1) is 13.1. The van der Waals surface area contributed by atoms with Crippen LogP contribution in [0.1, 0.15) is 18.3 Å². The second kappa shape index (κ2) is 6.02. The molecule has 0 saturated carbocycles. The molecule has 0 fully saturated rings. The van der Waals surface area contributed by atoms with Gasteiger partial charge < -0.3 is 15.0 Å². The fourth-order valence-electron chi connectivity index (χ4n) is 1.71. The summed E-state index contributed by atoms with van der Waals surface area (Å²) in [4.78, 5) is 4.27. The molecular formula is C13H16BrN3O. The van der Waals surface area contributed by atoms with Crippen LogP contribution < -0.4 is 10.5 Å². The number of aromatic nitrogens is 2. The second-order valence-corrected chi connectivity index (χ2v) is 4.73. The Bertz CT molecular complexity index is 525. The van der Waals surface area contributed by atoms with E-state index in [1.165, 1.54) is 0 Å². The molecule has 1 aromatic carbocycles. The van der Waals surface area contributed by atoms with E-state index in [0.29, 0.717) is 13.2 Å². The summed E-state index contributed by atoms with van der Waals surface area (Å²) in [5.41, 5.74) is 6.69. The Balaban J connectivity index is 2.06. The Morgan fingerprint density at radius 1 is 1.44 bits per heavy atom. The molecule has 0 aliphatic heterocycles. The number of nitrogens with zero attached hydrogens (tertiary/aromatic N) is 2. The lowest BCUT2D eigenvalue weighted by Crippen LogP contribution is -2.06. The van der Waals surface area contributed by atoms with Gasteiger partial charge in [0.25, 0.3) is 0 Å². The van der Waals surface area contributed by atoms with E-state index in [9.17, 15) is 0 Å². The van der Waals surface area contributed by atoms with Crippen LogP contribution in [0.2, 0.25) is 0 Å². The predicted octanol–water partition coefficient (Wildman–Crippen LogP) is 2.70. The molecule has 5 heteroatoms. The molecule has 0 unspecified atom stereocenters. The van der Waals surface area contributed by atoms with Crippen LogP contribution in [0.3, 0.4) is 0 Å². The molecule has 2 rings (SSSR count). The molecule has 1 aromatic heterocycles. The molecule has 96 valence electrons. The summed E-state index contributed by atoms with van der Waals surface area (Å²) in [5.74, 6) is 1.74. The molecule has 0 amide bonds. The molecule has 0 radical (unpaired) electrons. The Morgan fingerprint density at radius 2 is 2.28 bits per heavy atom. The number of aryl methyl sites for hydroxylation is 1. The third-order valence-electron chi connectivity index (χ3n) is 2.75. The molecule has 4 nitrogen and oxygen atoms in total. The van der Waals surface area contributed by atoms with Crippen molar-refractivity contribution < 1.29 is 4.74 Å². The van der Waals surface area contributed by atoms with E-state index in [-0.39, 0.29) is 0 Å². The number of hydrogen-bond acceptors (Lipinski definition) is 3. The van der Waals surface area contributed by atoms with Gasteiger partial charge in [0, 0.05) is 30.0 Å². The fraction of sp³-hybridized carbons (Fsp3) is 0.308. The fourth-order valence-corrected chi connectivity index (χ4v) is 2.12. The van der Waals surface area contributed by atoms with Gasteiger partial charge >= 0.3 is 0 Å². The van der Waals surface area contributed by atoms with E-state index in [1.54, 1.807) is 6.20 Å². The maximum atomic E-state index is 5.73. The van der Waals surface area contributed by atoms with Gasteiger partial charge in [-0.25, -0.2) is 4.98 Å². The van der Waals surface area contributed by atoms with E-state index in [0.717, 1.165) is 28.2 Å². The van der Waals surface area contributed by atoms with Crippen LogP contribution >= 0.6 is 15.9 Å².